The molecule has 2 heterocycles. The van der Waals surface area contributed by atoms with Crippen LogP contribution in [0.2, 0.25) is 0 Å². The zero-order chi connectivity index (χ0) is 32.6. The lowest BCUT2D eigenvalue weighted by Crippen LogP contribution is -2.33. The van der Waals surface area contributed by atoms with Crippen LogP contribution in [-0.2, 0) is 0 Å². The Bertz CT molecular complexity index is 2500. The molecule has 49 heavy (non-hydrogen) atoms. The molecule has 1 aliphatic heterocycles. The quantitative estimate of drug-likeness (QED) is 0.195. The minimum atomic E-state index is -0.265. The van der Waals surface area contributed by atoms with Crippen LogP contribution in [0.5, 0.6) is 0 Å². The van der Waals surface area contributed by atoms with Gasteiger partial charge >= 0.3 is 0 Å². The first-order valence-electron chi connectivity index (χ1n) is 16.4. The molecule has 0 bridgehead atoms. The molecule has 9 rings (SSSR count). The van der Waals surface area contributed by atoms with Crippen LogP contribution in [0.15, 0.2) is 180 Å². The molecule has 0 aliphatic carbocycles. The molecule has 4 nitrogen and oxygen atoms in total. The highest BCUT2D eigenvalue weighted by Gasteiger charge is 2.21. The first-order chi connectivity index (χ1) is 24.2. The number of fused-ring (bicyclic) bond motifs is 3. The molecule has 1 atom stereocenters. The Morgan fingerprint density at radius 3 is 1.86 bits per heavy atom. The van der Waals surface area contributed by atoms with Crippen LogP contribution in [0.1, 0.15) is 22.9 Å². The van der Waals surface area contributed by atoms with E-state index in [0.717, 1.165) is 55.1 Å². The summed E-state index contributed by atoms with van der Waals surface area (Å²) in [7, 11) is 0. The number of nitrogens with zero attached hydrogens (tertiary/aromatic N) is 3. The first-order valence-corrected chi connectivity index (χ1v) is 17.2. The molecule has 1 N–H and O–H groups in total. The van der Waals surface area contributed by atoms with Crippen LogP contribution in [0.3, 0.4) is 0 Å². The van der Waals surface area contributed by atoms with Crippen molar-refractivity contribution < 1.29 is 0 Å². The van der Waals surface area contributed by atoms with E-state index in [1.807, 2.05) is 18.2 Å². The Kier molecular flexibility index (Phi) is 7.37. The zero-order valence-corrected chi connectivity index (χ0v) is 27.3. The fourth-order valence-corrected chi connectivity index (χ4v) is 7.40. The SMILES string of the molecule is c1ccc(-c2ccc(C3=NC(c4cccc(-c5ccc6ccc7sc(-c8ccccc8)nc7c6c5)c4)=NC(c4ccccc4)N3)cc2)cc1. The Hall–Kier alpha value is -6.17. The lowest BCUT2D eigenvalue weighted by Gasteiger charge is -2.24. The van der Waals surface area contributed by atoms with Crippen molar-refractivity contribution in [1.29, 1.82) is 0 Å². The molecule has 0 saturated carbocycles. The van der Waals surface area contributed by atoms with Crippen LogP contribution in [0.25, 0.3) is 53.8 Å². The summed E-state index contributed by atoms with van der Waals surface area (Å²) in [5.74, 6) is 1.50. The maximum absolute atomic E-state index is 5.13. The normalized spacial score (nSPS) is 14.3. The molecule has 5 heteroatoms. The van der Waals surface area contributed by atoms with Crippen molar-refractivity contribution in [2.75, 3.05) is 0 Å². The Morgan fingerprint density at radius 2 is 1.08 bits per heavy atom. The third-order valence-electron chi connectivity index (χ3n) is 8.97. The largest absolute Gasteiger partial charge is 0.344 e. The average molecular weight is 647 g/mol. The summed E-state index contributed by atoms with van der Waals surface area (Å²) >= 11 is 1.74. The van der Waals surface area contributed by atoms with E-state index in [0.29, 0.717) is 5.84 Å². The van der Waals surface area contributed by atoms with Crippen molar-refractivity contribution in [1.82, 2.24) is 10.3 Å². The van der Waals surface area contributed by atoms with Gasteiger partial charge in [0.05, 0.1) is 10.2 Å². The standard InChI is InChI=1S/C44H30N4S/c1-4-11-29(12-5-1)30-19-22-33(23-20-30)42-46-41(32-13-6-2-7-14-32)47-43(48-42)37-18-10-17-35(27-37)36-24-21-31-25-26-39-40(38(31)28-36)45-44(49-39)34-15-8-3-9-16-34/h1-28,41H,(H,46,47,48). The van der Waals surface area contributed by atoms with Gasteiger partial charge in [-0.05, 0) is 51.4 Å². The van der Waals surface area contributed by atoms with Crippen LogP contribution in [0.4, 0.5) is 0 Å². The highest BCUT2D eigenvalue weighted by Crippen LogP contribution is 2.36. The number of amidine groups is 2. The highest BCUT2D eigenvalue weighted by atomic mass is 32.1. The second-order valence-corrected chi connectivity index (χ2v) is 13.2. The van der Waals surface area contributed by atoms with Gasteiger partial charge in [-0.25, -0.2) is 15.0 Å². The van der Waals surface area contributed by atoms with Gasteiger partial charge in [0.15, 0.2) is 5.84 Å². The Morgan fingerprint density at radius 1 is 0.490 bits per heavy atom. The van der Waals surface area contributed by atoms with Gasteiger partial charge in [-0.15, -0.1) is 11.3 Å². The number of nitrogens with one attached hydrogen (secondary N) is 1. The van der Waals surface area contributed by atoms with E-state index in [9.17, 15) is 0 Å². The van der Waals surface area contributed by atoms with Crippen molar-refractivity contribution in [3.8, 4) is 32.8 Å². The van der Waals surface area contributed by atoms with E-state index in [4.69, 9.17) is 15.0 Å². The highest BCUT2D eigenvalue weighted by molar-refractivity contribution is 7.21. The van der Waals surface area contributed by atoms with Gasteiger partial charge in [0.2, 0.25) is 0 Å². The summed E-state index contributed by atoms with van der Waals surface area (Å²) in [5, 5.41) is 6.97. The summed E-state index contributed by atoms with van der Waals surface area (Å²) in [6.07, 6.45) is -0.265. The summed E-state index contributed by atoms with van der Waals surface area (Å²) in [4.78, 5) is 15.3. The molecule has 1 aliphatic rings. The molecular formula is C44H30N4S. The fourth-order valence-electron chi connectivity index (χ4n) is 6.41. The minimum absolute atomic E-state index is 0.265. The van der Waals surface area contributed by atoms with Crippen molar-refractivity contribution in [3.05, 3.63) is 187 Å². The zero-order valence-electron chi connectivity index (χ0n) is 26.5. The van der Waals surface area contributed by atoms with Crippen molar-refractivity contribution in [2.24, 2.45) is 9.98 Å². The van der Waals surface area contributed by atoms with Crippen LogP contribution in [-0.4, -0.2) is 16.7 Å². The maximum atomic E-state index is 5.13. The molecular weight excluding hydrogens is 617 g/mol. The summed E-state index contributed by atoms with van der Waals surface area (Å²) in [6.45, 7) is 0. The second-order valence-electron chi connectivity index (χ2n) is 12.1. The van der Waals surface area contributed by atoms with Crippen molar-refractivity contribution >= 4 is 44.0 Å². The molecule has 0 fully saturated rings. The van der Waals surface area contributed by atoms with Crippen LogP contribution in [0, 0.1) is 0 Å². The predicted molar refractivity (Wildman–Crippen MR) is 205 cm³/mol. The number of aromatic nitrogens is 1. The fraction of sp³-hybridized carbons (Fsp3) is 0.0227. The molecule has 0 spiro atoms. The second kappa shape index (κ2) is 12.5. The molecule has 8 aromatic rings. The maximum Gasteiger partial charge on any atom is 0.159 e. The first kappa shape index (κ1) is 29.0. The predicted octanol–water partition coefficient (Wildman–Crippen LogP) is 10.9. The Labute approximate surface area is 288 Å². The van der Waals surface area contributed by atoms with Gasteiger partial charge in [-0.3, -0.25) is 0 Å². The van der Waals surface area contributed by atoms with E-state index < -0.39 is 0 Å². The topological polar surface area (TPSA) is 49.6 Å². The van der Waals surface area contributed by atoms with E-state index in [1.165, 1.54) is 21.2 Å². The smallest absolute Gasteiger partial charge is 0.159 e. The number of aliphatic imine (C=N–C) groups is 2. The van der Waals surface area contributed by atoms with Gasteiger partial charge in [-0.1, -0.05) is 152 Å². The van der Waals surface area contributed by atoms with Gasteiger partial charge in [0.1, 0.15) is 17.0 Å². The van der Waals surface area contributed by atoms with E-state index in [-0.39, 0.29) is 6.17 Å². The molecule has 7 aromatic carbocycles. The molecule has 1 aromatic heterocycles. The number of hydrogen-bond acceptors (Lipinski definition) is 5. The number of rotatable bonds is 6. The number of thiazole rings is 1. The van der Waals surface area contributed by atoms with Gasteiger partial charge in [-0.2, -0.15) is 0 Å². The number of benzene rings is 7. The minimum Gasteiger partial charge on any atom is -0.344 e. The monoisotopic (exact) mass is 646 g/mol. The average Bonchev–Trinajstić information content (AvgIpc) is 3.64. The van der Waals surface area contributed by atoms with Crippen LogP contribution >= 0.6 is 11.3 Å². The molecule has 0 radical (unpaired) electrons. The van der Waals surface area contributed by atoms with E-state index in [1.54, 1.807) is 11.3 Å². The molecule has 232 valence electrons. The van der Waals surface area contributed by atoms with E-state index in [2.05, 4.69) is 157 Å². The number of hydrogen-bond donors (Lipinski definition) is 1. The van der Waals surface area contributed by atoms with Crippen molar-refractivity contribution in [2.45, 2.75) is 6.17 Å². The Balaban J connectivity index is 1.10. The molecule has 0 saturated heterocycles. The molecule has 0 amide bonds. The van der Waals surface area contributed by atoms with Gasteiger partial charge < -0.3 is 5.32 Å². The lowest BCUT2D eigenvalue weighted by atomic mass is 9.98. The van der Waals surface area contributed by atoms with Gasteiger partial charge in [0.25, 0.3) is 0 Å². The van der Waals surface area contributed by atoms with Crippen LogP contribution < -0.4 is 5.32 Å². The summed E-state index contributed by atoms with van der Waals surface area (Å²) in [5.41, 5.74) is 9.85. The third kappa shape index (κ3) is 5.71. The third-order valence-corrected chi connectivity index (χ3v) is 10.0. The van der Waals surface area contributed by atoms with Crippen molar-refractivity contribution in [3.63, 3.8) is 0 Å². The van der Waals surface area contributed by atoms with Gasteiger partial charge in [0, 0.05) is 22.1 Å². The van der Waals surface area contributed by atoms with E-state index >= 15 is 0 Å². The summed E-state index contributed by atoms with van der Waals surface area (Å²) in [6, 6.07) is 59.3. The summed E-state index contributed by atoms with van der Waals surface area (Å²) < 4.78 is 1.19. The molecule has 1 unspecified atom stereocenters. The lowest BCUT2D eigenvalue weighted by molar-refractivity contribution is 0.674.